The molecule has 3 aliphatic heterocycles. The topological polar surface area (TPSA) is 50.2 Å². The van der Waals surface area contributed by atoms with Crippen molar-refractivity contribution in [2.24, 2.45) is 13.0 Å². The Morgan fingerprint density at radius 3 is 2.75 bits per heavy atom. The highest BCUT2D eigenvalue weighted by molar-refractivity contribution is 5.76. The second-order valence-corrected chi connectivity index (χ2v) is 6.19. The Bertz CT molecular complexity index is 488. The first kappa shape index (κ1) is 13.6. The maximum Gasteiger partial charge on any atom is 0.220 e. The fraction of sp³-hybridized carbons (Fsp3) is 0.733. The number of carbonyl (C=O) groups is 1. The van der Waals surface area contributed by atoms with E-state index in [2.05, 4.69) is 15.3 Å². The summed E-state index contributed by atoms with van der Waals surface area (Å²) in [5, 5.41) is 7.46. The average molecular weight is 276 g/mol. The second-order valence-electron chi connectivity index (χ2n) is 6.19. The summed E-state index contributed by atoms with van der Waals surface area (Å²) >= 11 is 0. The molecule has 1 unspecified atom stereocenters. The number of piperidine rings is 3. The number of hydrogen-bond acceptors (Lipinski definition) is 3. The van der Waals surface area contributed by atoms with Gasteiger partial charge in [0.1, 0.15) is 0 Å². The third-order valence-corrected chi connectivity index (χ3v) is 4.96. The molecular formula is C15H24N4O. The molecule has 1 atom stereocenters. The number of aromatic nitrogens is 2. The third-order valence-electron chi connectivity index (χ3n) is 4.96. The average Bonchev–Trinajstić information content (AvgIpc) is 2.78. The van der Waals surface area contributed by atoms with Gasteiger partial charge in [-0.2, -0.15) is 5.10 Å². The molecule has 1 N–H and O–H groups in total. The Balaban J connectivity index is 1.49. The highest BCUT2D eigenvalue weighted by atomic mass is 16.1. The van der Waals surface area contributed by atoms with Gasteiger partial charge in [-0.1, -0.05) is 0 Å². The van der Waals surface area contributed by atoms with Crippen molar-refractivity contribution in [2.75, 3.05) is 19.6 Å². The fourth-order valence-corrected chi connectivity index (χ4v) is 3.45. The van der Waals surface area contributed by atoms with Crippen molar-refractivity contribution in [1.29, 1.82) is 0 Å². The first-order valence-electron chi connectivity index (χ1n) is 7.62. The fourth-order valence-electron chi connectivity index (χ4n) is 3.45. The first-order chi connectivity index (χ1) is 9.63. The highest BCUT2D eigenvalue weighted by Crippen LogP contribution is 2.27. The monoisotopic (exact) mass is 276 g/mol. The van der Waals surface area contributed by atoms with E-state index in [0.717, 1.165) is 18.7 Å². The molecule has 0 saturated carbocycles. The zero-order chi connectivity index (χ0) is 14.1. The SMILES string of the molecule is Cc1c(CCC(=O)NC2CN3CCC2CC3)cnn1C. The molecule has 0 radical (unpaired) electrons. The minimum Gasteiger partial charge on any atom is -0.352 e. The summed E-state index contributed by atoms with van der Waals surface area (Å²) in [5.74, 6) is 0.885. The van der Waals surface area contributed by atoms with Crippen molar-refractivity contribution in [1.82, 2.24) is 20.0 Å². The summed E-state index contributed by atoms with van der Waals surface area (Å²) in [4.78, 5) is 14.6. The lowest BCUT2D eigenvalue weighted by Gasteiger charge is -2.44. The zero-order valence-electron chi connectivity index (χ0n) is 12.4. The van der Waals surface area contributed by atoms with E-state index >= 15 is 0 Å². The van der Waals surface area contributed by atoms with Crippen LogP contribution in [0.2, 0.25) is 0 Å². The van der Waals surface area contributed by atoms with E-state index in [1.54, 1.807) is 0 Å². The van der Waals surface area contributed by atoms with E-state index in [1.807, 2.05) is 24.9 Å². The Kier molecular flexibility index (Phi) is 3.78. The van der Waals surface area contributed by atoms with E-state index in [9.17, 15) is 4.79 Å². The summed E-state index contributed by atoms with van der Waals surface area (Å²) in [5.41, 5.74) is 2.33. The Morgan fingerprint density at radius 2 is 2.20 bits per heavy atom. The van der Waals surface area contributed by atoms with Crippen LogP contribution in [0.25, 0.3) is 0 Å². The van der Waals surface area contributed by atoms with Crippen LogP contribution in [0.5, 0.6) is 0 Å². The van der Waals surface area contributed by atoms with Crippen molar-refractivity contribution in [3.8, 4) is 0 Å². The minimum absolute atomic E-state index is 0.187. The summed E-state index contributed by atoms with van der Waals surface area (Å²) in [6, 6.07) is 0.375. The molecule has 20 heavy (non-hydrogen) atoms. The van der Waals surface area contributed by atoms with E-state index in [-0.39, 0.29) is 5.91 Å². The van der Waals surface area contributed by atoms with Gasteiger partial charge in [0.05, 0.1) is 6.20 Å². The van der Waals surface area contributed by atoms with Gasteiger partial charge >= 0.3 is 0 Å². The summed E-state index contributed by atoms with van der Waals surface area (Å²) in [7, 11) is 1.94. The first-order valence-corrected chi connectivity index (χ1v) is 7.62. The number of amides is 1. The standard InChI is InChI=1S/C15H24N4O/c1-11-13(9-16-18(11)2)3-4-15(20)17-14-10-19-7-5-12(14)6-8-19/h9,12,14H,3-8,10H2,1-2H3,(H,17,20). The minimum atomic E-state index is 0.187. The van der Waals surface area contributed by atoms with E-state index < -0.39 is 0 Å². The van der Waals surface area contributed by atoms with E-state index in [0.29, 0.717) is 18.4 Å². The quantitative estimate of drug-likeness (QED) is 0.888. The van der Waals surface area contributed by atoms with Gasteiger partial charge in [-0.3, -0.25) is 9.48 Å². The van der Waals surface area contributed by atoms with Crippen LogP contribution in [0.3, 0.4) is 0 Å². The normalized spacial score (nSPS) is 28.6. The van der Waals surface area contributed by atoms with Crippen molar-refractivity contribution < 1.29 is 4.79 Å². The Morgan fingerprint density at radius 1 is 1.45 bits per heavy atom. The molecule has 0 aliphatic carbocycles. The molecule has 0 spiro atoms. The van der Waals surface area contributed by atoms with Crippen LogP contribution in [0.15, 0.2) is 6.20 Å². The maximum atomic E-state index is 12.1. The van der Waals surface area contributed by atoms with E-state index in [4.69, 9.17) is 0 Å². The van der Waals surface area contributed by atoms with Gasteiger partial charge in [0.25, 0.3) is 0 Å². The number of aryl methyl sites for hydroxylation is 2. The predicted octanol–water partition coefficient (Wildman–Crippen LogP) is 0.872. The highest BCUT2D eigenvalue weighted by Gasteiger charge is 2.34. The number of rotatable bonds is 4. The number of carbonyl (C=O) groups excluding carboxylic acids is 1. The van der Waals surface area contributed by atoms with Gasteiger partial charge in [0, 0.05) is 31.7 Å². The largest absolute Gasteiger partial charge is 0.352 e. The van der Waals surface area contributed by atoms with Gasteiger partial charge in [-0.05, 0) is 50.8 Å². The summed E-state index contributed by atoms with van der Waals surface area (Å²) in [6.45, 7) is 5.52. The number of fused-ring (bicyclic) bond motifs is 3. The zero-order valence-corrected chi connectivity index (χ0v) is 12.4. The van der Waals surface area contributed by atoms with Gasteiger partial charge in [-0.25, -0.2) is 0 Å². The second kappa shape index (κ2) is 5.56. The molecule has 1 aromatic rings. The smallest absolute Gasteiger partial charge is 0.220 e. The lowest BCUT2D eigenvalue weighted by molar-refractivity contribution is -0.123. The lowest BCUT2D eigenvalue weighted by Crippen LogP contribution is -2.57. The van der Waals surface area contributed by atoms with E-state index in [1.165, 1.54) is 31.5 Å². The molecule has 3 aliphatic rings. The lowest BCUT2D eigenvalue weighted by atomic mass is 9.84. The molecule has 0 aromatic carbocycles. The predicted molar refractivity (Wildman–Crippen MR) is 77.4 cm³/mol. The molecule has 2 bridgehead atoms. The Labute approximate surface area is 120 Å². The molecular weight excluding hydrogens is 252 g/mol. The summed E-state index contributed by atoms with van der Waals surface area (Å²) < 4.78 is 1.86. The van der Waals surface area contributed by atoms with Crippen molar-refractivity contribution in [3.05, 3.63) is 17.5 Å². The molecule has 3 saturated heterocycles. The van der Waals surface area contributed by atoms with Crippen LogP contribution in [0.1, 0.15) is 30.5 Å². The Hall–Kier alpha value is -1.36. The van der Waals surface area contributed by atoms with Crippen LogP contribution in [-0.2, 0) is 18.3 Å². The van der Waals surface area contributed by atoms with Gasteiger partial charge in [-0.15, -0.1) is 0 Å². The van der Waals surface area contributed by atoms with Crippen LogP contribution in [0.4, 0.5) is 0 Å². The number of hydrogen-bond donors (Lipinski definition) is 1. The summed E-state index contributed by atoms with van der Waals surface area (Å²) in [6.07, 6.45) is 5.71. The van der Waals surface area contributed by atoms with Crippen LogP contribution in [-0.4, -0.2) is 46.3 Å². The van der Waals surface area contributed by atoms with Gasteiger partial charge in [0.2, 0.25) is 5.91 Å². The van der Waals surface area contributed by atoms with Crippen LogP contribution < -0.4 is 5.32 Å². The maximum absolute atomic E-state index is 12.1. The molecule has 1 amide bonds. The van der Waals surface area contributed by atoms with Crippen LogP contribution >= 0.6 is 0 Å². The molecule has 4 rings (SSSR count). The number of nitrogens with one attached hydrogen (secondary N) is 1. The molecule has 5 nitrogen and oxygen atoms in total. The van der Waals surface area contributed by atoms with Gasteiger partial charge in [0.15, 0.2) is 0 Å². The van der Waals surface area contributed by atoms with Crippen molar-refractivity contribution in [2.45, 2.75) is 38.6 Å². The molecule has 3 fully saturated rings. The van der Waals surface area contributed by atoms with Crippen LogP contribution in [0, 0.1) is 12.8 Å². The molecule has 1 aromatic heterocycles. The van der Waals surface area contributed by atoms with Crippen molar-refractivity contribution in [3.63, 3.8) is 0 Å². The molecule has 5 heteroatoms. The van der Waals surface area contributed by atoms with Gasteiger partial charge < -0.3 is 10.2 Å². The van der Waals surface area contributed by atoms with Crippen molar-refractivity contribution >= 4 is 5.91 Å². The number of nitrogens with zero attached hydrogens (tertiary/aromatic N) is 3. The molecule has 4 heterocycles. The third kappa shape index (κ3) is 2.73. The molecule has 110 valence electrons.